The first-order valence-electron chi connectivity index (χ1n) is 8.52. The zero-order valence-electron chi connectivity index (χ0n) is 14.8. The number of methoxy groups -OCH3 is 1. The Morgan fingerprint density at radius 2 is 2.20 bits per heavy atom. The van der Waals surface area contributed by atoms with E-state index in [-0.39, 0.29) is 17.9 Å². The molecule has 2 amide bonds. The van der Waals surface area contributed by atoms with Gasteiger partial charge in [-0.3, -0.25) is 14.6 Å². The molecule has 0 spiro atoms. The van der Waals surface area contributed by atoms with Crippen molar-refractivity contribution in [2.24, 2.45) is 0 Å². The van der Waals surface area contributed by atoms with Gasteiger partial charge in [-0.05, 0) is 38.5 Å². The molecule has 6 heteroatoms. The zero-order valence-corrected chi connectivity index (χ0v) is 14.8. The fourth-order valence-electron chi connectivity index (χ4n) is 3.17. The highest BCUT2D eigenvalue weighted by Gasteiger charge is 2.23. The second-order valence-corrected chi connectivity index (χ2v) is 6.50. The summed E-state index contributed by atoms with van der Waals surface area (Å²) >= 11 is 0. The summed E-state index contributed by atoms with van der Waals surface area (Å²) in [6.07, 6.45) is 1.51. The maximum atomic E-state index is 12.6. The molecule has 0 radical (unpaired) electrons. The lowest BCUT2D eigenvalue weighted by molar-refractivity contribution is -0.127. The molecule has 0 bridgehead atoms. The molecule has 25 heavy (non-hydrogen) atoms. The first-order chi connectivity index (χ1) is 12.0. The van der Waals surface area contributed by atoms with Gasteiger partial charge in [0.25, 0.3) is 5.91 Å². The zero-order chi connectivity index (χ0) is 18.0. The van der Waals surface area contributed by atoms with Crippen LogP contribution in [0.15, 0.2) is 24.3 Å². The van der Waals surface area contributed by atoms with Crippen LogP contribution in [0.3, 0.4) is 0 Å². The molecule has 1 aliphatic heterocycles. The van der Waals surface area contributed by atoms with E-state index >= 15 is 0 Å². The number of benzene rings is 1. The Balaban J connectivity index is 1.74. The molecule has 2 heterocycles. The molecule has 132 valence electrons. The van der Waals surface area contributed by atoms with Crippen molar-refractivity contribution in [1.82, 2.24) is 15.2 Å². The first kappa shape index (κ1) is 17.2. The molecule has 1 aliphatic rings. The van der Waals surface area contributed by atoms with E-state index in [1.807, 2.05) is 43.0 Å². The monoisotopic (exact) mass is 341 g/mol. The van der Waals surface area contributed by atoms with Crippen LogP contribution in [0.5, 0.6) is 5.75 Å². The summed E-state index contributed by atoms with van der Waals surface area (Å²) in [5.41, 5.74) is 2.02. The fourth-order valence-corrected chi connectivity index (χ4v) is 3.17. The lowest BCUT2D eigenvalue weighted by Gasteiger charge is -2.22. The fraction of sp³-hybridized carbons (Fsp3) is 0.421. The van der Waals surface area contributed by atoms with E-state index in [2.05, 4.69) is 10.3 Å². The smallest absolute Gasteiger partial charge is 0.253 e. The quantitative estimate of drug-likeness (QED) is 0.906. The van der Waals surface area contributed by atoms with Crippen molar-refractivity contribution in [3.8, 4) is 5.75 Å². The van der Waals surface area contributed by atoms with Crippen LogP contribution in [0.2, 0.25) is 0 Å². The molecular weight excluding hydrogens is 318 g/mol. The highest BCUT2D eigenvalue weighted by Crippen LogP contribution is 2.21. The summed E-state index contributed by atoms with van der Waals surface area (Å²) in [4.78, 5) is 30.7. The topological polar surface area (TPSA) is 71.5 Å². The third-order valence-corrected chi connectivity index (χ3v) is 4.50. The second kappa shape index (κ2) is 7.09. The minimum absolute atomic E-state index is 0.111. The molecule has 1 unspecified atom stereocenters. The first-order valence-corrected chi connectivity index (χ1v) is 8.52. The van der Waals surface area contributed by atoms with Gasteiger partial charge in [0, 0.05) is 37.0 Å². The number of nitrogens with zero attached hydrogens (tertiary/aromatic N) is 2. The van der Waals surface area contributed by atoms with E-state index in [0.29, 0.717) is 24.2 Å². The van der Waals surface area contributed by atoms with E-state index in [1.165, 1.54) is 0 Å². The summed E-state index contributed by atoms with van der Waals surface area (Å²) in [7, 11) is 1.61. The number of hydrogen-bond acceptors (Lipinski definition) is 4. The van der Waals surface area contributed by atoms with Crippen LogP contribution in [0.4, 0.5) is 0 Å². The highest BCUT2D eigenvalue weighted by molar-refractivity contribution is 5.99. The van der Waals surface area contributed by atoms with Gasteiger partial charge < -0.3 is 15.0 Å². The molecule has 2 aromatic rings. The van der Waals surface area contributed by atoms with Crippen LogP contribution in [0, 0.1) is 6.92 Å². The van der Waals surface area contributed by atoms with Gasteiger partial charge in [-0.1, -0.05) is 0 Å². The van der Waals surface area contributed by atoms with E-state index < -0.39 is 0 Å². The second-order valence-electron chi connectivity index (χ2n) is 6.50. The van der Waals surface area contributed by atoms with Crippen LogP contribution in [-0.4, -0.2) is 47.9 Å². The standard InChI is InChI=1S/C19H23N3O3/c1-12(11-22-8-4-5-18(22)23)20-19(24)16-9-14-6-7-15(25-3)10-17(14)21-13(16)2/h6-7,9-10,12H,4-5,8,11H2,1-3H3,(H,20,24). The third kappa shape index (κ3) is 3.73. The molecule has 1 aromatic heterocycles. The average molecular weight is 341 g/mol. The van der Waals surface area contributed by atoms with Gasteiger partial charge in [0.2, 0.25) is 5.91 Å². The molecule has 1 aromatic carbocycles. The van der Waals surface area contributed by atoms with E-state index in [1.54, 1.807) is 7.11 Å². The van der Waals surface area contributed by atoms with Crippen LogP contribution in [0.1, 0.15) is 35.8 Å². The van der Waals surface area contributed by atoms with Crippen molar-refractivity contribution < 1.29 is 14.3 Å². The Labute approximate surface area is 147 Å². The Bertz CT molecular complexity index is 819. The van der Waals surface area contributed by atoms with Crippen molar-refractivity contribution in [3.63, 3.8) is 0 Å². The number of aryl methyl sites for hydroxylation is 1. The minimum atomic E-state index is -0.165. The van der Waals surface area contributed by atoms with Gasteiger partial charge in [0.15, 0.2) is 0 Å². The summed E-state index contributed by atoms with van der Waals surface area (Å²) in [6, 6.07) is 7.33. The highest BCUT2D eigenvalue weighted by atomic mass is 16.5. The summed E-state index contributed by atoms with van der Waals surface area (Å²) < 4.78 is 5.21. The molecule has 3 rings (SSSR count). The van der Waals surface area contributed by atoms with Gasteiger partial charge in [-0.2, -0.15) is 0 Å². The molecule has 1 N–H and O–H groups in total. The number of rotatable bonds is 5. The largest absolute Gasteiger partial charge is 0.497 e. The SMILES string of the molecule is COc1ccc2cc(C(=O)NC(C)CN3CCCC3=O)c(C)nc2c1. The summed E-state index contributed by atoms with van der Waals surface area (Å²) in [6.45, 7) is 5.06. The lowest BCUT2D eigenvalue weighted by atomic mass is 10.1. The van der Waals surface area contributed by atoms with Crippen LogP contribution in [-0.2, 0) is 4.79 Å². The summed E-state index contributed by atoms with van der Waals surface area (Å²) in [5.74, 6) is 0.737. The van der Waals surface area contributed by atoms with Crippen molar-refractivity contribution in [1.29, 1.82) is 0 Å². The van der Waals surface area contributed by atoms with Gasteiger partial charge >= 0.3 is 0 Å². The lowest BCUT2D eigenvalue weighted by Crippen LogP contribution is -2.42. The van der Waals surface area contributed by atoms with Crippen LogP contribution in [0.25, 0.3) is 10.9 Å². The molecule has 0 aliphatic carbocycles. The Kier molecular flexibility index (Phi) is 4.88. The van der Waals surface area contributed by atoms with Crippen molar-refractivity contribution >= 4 is 22.7 Å². The Hall–Kier alpha value is -2.63. The molecule has 1 fully saturated rings. The molecule has 6 nitrogen and oxygen atoms in total. The average Bonchev–Trinajstić information content (AvgIpc) is 2.98. The molecule has 1 atom stereocenters. The number of nitrogens with one attached hydrogen (secondary N) is 1. The Morgan fingerprint density at radius 1 is 1.40 bits per heavy atom. The van der Waals surface area contributed by atoms with Gasteiger partial charge in [-0.25, -0.2) is 0 Å². The third-order valence-electron chi connectivity index (χ3n) is 4.50. The number of carbonyl (C=O) groups is 2. The number of pyridine rings is 1. The van der Waals surface area contributed by atoms with E-state index in [9.17, 15) is 9.59 Å². The van der Waals surface area contributed by atoms with Crippen LogP contribution >= 0.6 is 0 Å². The number of fused-ring (bicyclic) bond motifs is 1. The number of aromatic nitrogens is 1. The number of amides is 2. The maximum absolute atomic E-state index is 12.6. The van der Waals surface area contributed by atoms with Gasteiger partial charge in [-0.15, -0.1) is 0 Å². The van der Waals surface area contributed by atoms with E-state index in [0.717, 1.165) is 29.6 Å². The van der Waals surface area contributed by atoms with Crippen molar-refractivity contribution in [2.45, 2.75) is 32.7 Å². The van der Waals surface area contributed by atoms with Gasteiger partial charge in [0.05, 0.1) is 23.9 Å². The minimum Gasteiger partial charge on any atom is -0.497 e. The number of likely N-dealkylation sites (tertiary alicyclic amines) is 1. The van der Waals surface area contributed by atoms with Crippen LogP contribution < -0.4 is 10.1 Å². The van der Waals surface area contributed by atoms with Crippen molar-refractivity contribution in [3.05, 3.63) is 35.5 Å². The number of hydrogen-bond donors (Lipinski definition) is 1. The molecular formula is C19H23N3O3. The number of carbonyl (C=O) groups excluding carboxylic acids is 2. The van der Waals surface area contributed by atoms with Gasteiger partial charge in [0.1, 0.15) is 5.75 Å². The van der Waals surface area contributed by atoms with Crippen molar-refractivity contribution in [2.75, 3.05) is 20.2 Å². The Morgan fingerprint density at radius 3 is 2.88 bits per heavy atom. The number of ether oxygens (including phenoxy) is 1. The normalized spacial score (nSPS) is 15.5. The predicted molar refractivity (Wildman–Crippen MR) is 95.8 cm³/mol. The molecule has 0 saturated carbocycles. The predicted octanol–water partition coefficient (Wildman–Crippen LogP) is 2.29. The maximum Gasteiger partial charge on any atom is 0.253 e. The van der Waals surface area contributed by atoms with E-state index in [4.69, 9.17) is 4.74 Å². The summed E-state index contributed by atoms with van der Waals surface area (Å²) in [5, 5.41) is 3.86. The molecule has 1 saturated heterocycles.